The number of carbonyl (C=O) groups is 1. The molecule has 5 nitrogen and oxygen atoms in total. The first kappa shape index (κ1) is 17.5. The van der Waals surface area contributed by atoms with E-state index >= 15 is 0 Å². The fourth-order valence-corrected chi connectivity index (χ4v) is 7.43. The average molecular weight is 370 g/mol. The van der Waals surface area contributed by atoms with Gasteiger partial charge in [-0.05, 0) is 68.7 Å². The number of hydrogen-bond donors (Lipinski definition) is 1. The summed E-state index contributed by atoms with van der Waals surface area (Å²) < 4.78 is 5.71. The molecule has 146 valence electrons. The minimum absolute atomic E-state index is 0.0244. The fourth-order valence-electron chi connectivity index (χ4n) is 7.43. The van der Waals surface area contributed by atoms with Gasteiger partial charge in [0.05, 0.1) is 12.8 Å². The second-order valence-electron chi connectivity index (χ2n) is 8.97. The molecule has 0 aromatic heterocycles. The SMILES string of the molecule is COc1cccc2c1N(C(C)=O)[C@@H]1CC[C@@]3(CCO)CCCN4CC[C@@]21[C@H]43. The Morgan fingerprint density at radius 2 is 2.15 bits per heavy atom. The Morgan fingerprint density at radius 3 is 2.89 bits per heavy atom. The summed E-state index contributed by atoms with van der Waals surface area (Å²) in [4.78, 5) is 17.5. The number of hydrogen-bond acceptors (Lipinski definition) is 4. The molecule has 27 heavy (non-hydrogen) atoms. The number of carbonyl (C=O) groups excluding carboxylic acids is 1. The largest absolute Gasteiger partial charge is 0.495 e. The molecule has 1 amide bonds. The van der Waals surface area contributed by atoms with Crippen molar-refractivity contribution in [3.63, 3.8) is 0 Å². The van der Waals surface area contributed by atoms with E-state index in [9.17, 15) is 9.90 Å². The second kappa shape index (κ2) is 5.95. The van der Waals surface area contributed by atoms with Gasteiger partial charge in [-0.1, -0.05) is 12.1 Å². The first-order valence-corrected chi connectivity index (χ1v) is 10.4. The number of benzene rings is 1. The Hall–Kier alpha value is -1.59. The van der Waals surface area contributed by atoms with E-state index in [1.807, 2.05) is 6.07 Å². The fraction of sp³-hybridized carbons (Fsp3) is 0.682. The van der Waals surface area contributed by atoms with Gasteiger partial charge in [0.1, 0.15) is 5.75 Å². The van der Waals surface area contributed by atoms with Gasteiger partial charge in [-0.25, -0.2) is 0 Å². The molecule has 1 saturated carbocycles. The maximum Gasteiger partial charge on any atom is 0.224 e. The van der Waals surface area contributed by atoms with Crippen LogP contribution in [0, 0.1) is 5.41 Å². The van der Waals surface area contributed by atoms with E-state index in [-0.39, 0.29) is 29.4 Å². The van der Waals surface area contributed by atoms with E-state index in [4.69, 9.17) is 4.74 Å². The lowest BCUT2D eigenvalue weighted by Gasteiger charge is -2.58. The lowest BCUT2D eigenvalue weighted by atomic mass is 9.52. The van der Waals surface area contributed by atoms with E-state index in [0.29, 0.717) is 6.04 Å². The zero-order valence-corrected chi connectivity index (χ0v) is 16.4. The molecule has 4 aliphatic rings. The summed E-state index contributed by atoms with van der Waals surface area (Å²) in [6, 6.07) is 6.93. The van der Waals surface area contributed by atoms with Crippen molar-refractivity contribution >= 4 is 11.6 Å². The maximum absolute atomic E-state index is 12.8. The van der Waals surface area contributed by atoms with Crippen LogP contribution in [0.1, 0.15) is 51.0 Å². The van der Waals surface area contributed by atoms with Gasteiger partial charge >= 0.3 is 0 Å². The molecular weight excluding hydrogens is 340 g/mol. The van der Waals surface area contributed by atoms with Crippen LogP contribution in [-0.4, -0.2) is 54.8 Å². The highest BCUT2D eigenvalue weighted by Crippen LogP contribution is 2.66. The molecule has 2 saturated heterocycles. The smallest absolute Gasteiger partial charge is 0.224 e. The molecule has 3 heterocycles. The molecule has 1 aliphatic carbocycles. The second-order valence-corrected chi connectivity index (χ2v) is 8.97. The van der Waals surface area contributed by atoms with Crippen LogP contribution in [0.25, 0.3) is 0 Å². The number of aliphatic hydroxyl groups is 1. The Bertz CT molecular complexity index is 777. The summed E-state index contributed by atoms with van der Waals surface area (Å²) in [7, 11) is 1.70. The number of nitrogens with zero attached hydrogens (tertiary/aromatic N) is 2. The van der Waals surface area contributed by atoms with E-state index in [1.165, 1.54) is 18.4 Å². The Balaban J connectivity index is 1.75. The van der Waals surface area contributed by atoms with Gasteiger partial charge in [-0.15, -0.1) is 0 Å². The number of aliphatic hydroxyl groups excluding tert-OH is 1. The molecule has 1 aromatic carbocycles. The summed E-state index contributed by atoms with van der Waals surface area (Å²) in [5, 5.41) is 9.90. The first-order chi connectivity index (χ1) is 13.1. The standard InChI is InChI=1S/C22H30N2O3/c1-15(26)24-18-7-9-21(11-14-25)8-4-12-23-13-10-22(18,20(21)23)16-5-3-6-17(27-2)19(16)24/h3,5-6,18,20,25H,4,7-14H2,1-2H3/t18-,20-,21-,22-/m1/s1. The quantitative estimate of drug-likeness (QED) is 0.889. The summed E-state index contributed by atoms with van der Waals surface area (Å²) in [6.45, 7) is 4.19. The molecule has 1 spiro atoms. The number of ether oxygens (including phenoxy) is 1. The molecule has 1 N–H and O–H groups in total. The minimum Gasteiger partial charge on any atom is -0.495 e. The summed E-state index contributed by atoms with van der Waals surface area (Å²) in [5.74, 6) is 0.931. The van der Waals surface area contributed by atoms with Crippen molar-refractivity contribution in [2.24, 2.45) is 5.41 Å². The number of rotatable bonds is 3. The van der Waals surface area contributed by atoms with Crippen LogP contribution in [0.4, 0.5) is 5.69 Å². The van der Waals surface area contributed by atoms with Crippen LogP contribution < -0.4 is 9.64 Å². The molecule has 0 radical (unpaired) electrons. The van der Waals surface area contributed by atoms with E-state index in [2.05, 4.69) is 21.9 Å². The van der Waals surface area contributed by atoms with Crippen molar-refractivity contribution in [1.29, 1.82) is 0 Å². The molecule has 1 aromatic rings. The molecule has 0 bridgehead atoms. The zero-order chi connectivity index (χ0) is 18.8. The third kappa shape index (κ3) is 2.05. The normalized spacial score (nSPS) is 36.9. The van der Waals surface area contributed by atoms with E-state index in [1.54, 1.807) is 14.0 Å². The number of piperidine rings is 1. The van der Waals surface area contributed by atoms with E-state index < -0.39 is 0 Å². The van der Waals surface area contributed by atoms with Gasteiger partial charge < -0.3 is 14.7 Å². The van der Waals surface area contributed by atoms with Crippen molar-refractivity contribution in [2.75, 3.05) is 31.7 Å². The average Bonchev–Trinajstić information content (AvgIpc) is 3.20. The highest BCUT2D eigenvalue weighted by molar-refractivity contribution is 5.98. The number of amides is 1. The van der Waals surface area contributed by atoms with Crippen molar-refractivity contribution < 1.29 is 14.6 Å². The van der Waals surface area contributed by atoms with Crippen LogP contribution >= 0.6 is 0 Å². The Morgan fingerprint density at radius 1 is 1.30 bits per heavy atom. The molecule has 0 unspecified atom stereocenters. The number of para-hydroxylation sites is 1. The van der Waals surface area contributed by atoms with Crippen molar-refractivity contribution in [3.8, 4) is 5.75 Å². The summed E-state index contributed by atoms with van der Waals surface area (Å²) >= 11 is 0. The van der Waals surface area contributed by atoms with E-state index in [0.717, 1.165) is 50.2 Å². The number of methoxy groups -OCH3 is 1. The van der Waals surface area contributed by atoms with Crippen LogP contribution in [0.2, 0.25) is 0 Å². The highest BCUT2D eigenvalue weighted by atomic mass is 16.5. The number of fused-ring (bicyclic) bond motifs is 1. The maximum atomic E-state index is 12.8. The molecule has 3 aliphatic heterocycles. The van der Waals surface area contributed by atoms with Gasteiger partial charge in [0.2, 0.25) is 5.91 Å². The van der Waals surface area contributed by atoms with Crippen LogP contribution in [-0.2, 0) is 10.2 Å². The molecule has 5 rings (SSSR count). The topological polar surface area (TPSA) is 53.0 Å². The third-order valence-electron chi connectivity index (χ3n) is 8.10. The van der Waals surface area contributed by atoms with Crippen molar-refractivity contribution in [2.45, 2.75) is 62.9 Å². The summed E-state index contributed by atoms with van der Waals surface area (Å²) in [6.07, 6.45) is 6.51. The van der Waals surface area contributed by atoms with Gasteiger partial charge in [0.15, 0.2) is 0 Å². The monoisotopic (exact) mass is 370 g/mol. The molecular formula is C22H30N2O3. The van der Waals surface area contributed by atoms with Crippen LogP contribution in [0.5, 0.6) is 5.75 Å². The predicted octanol–water partition coefficient (Wildman–Crippen LogP) is 2.70. The van der Waals surface area contributed by atoms with Gasteiger partial charge in [-0.3, -0.25) is 9.69 Å². The lowest BCUT2D eigenvalue weighted by Crippen LogP contribution is -2.65. The Labute approximate surface area is 161 Å². The minimum atomic E-state index is -0.0244. The van der Waals surface area contributed by atoms with Crippen molar-refractivity contribution in [1.82, 2.24) is 4.90 Å². The van der Waals surface area contributed by atoms with Crippen molar-refractivity contribution in [3.05, 3.63) is 23.8 Å². The molecule has 4 atom stereocenters. The molecule has 3 fully saturated rings. The predicted molar refractivity (Wildman–Crippen MR) is 104 cm³/mol. The molecule has 5 heteroatoms. The van der Waals surface area contributed by atoms with Gasteiger partial charge in [-0.2, -0.15) is 0 Å². The van der Waals surface area contributed by atoms with Crippen LogP contribution in [0.3, 0.4) is 0 Å². The summed E-state index contributed by atoms with van der Waals surface area (Å²) in [5.41, 5.74) is 2.46. The van der Waals surface area contributed by atoms with Gasteiger partial charge in [0, 0.05) is 31.0 Å². The Kier molecular flexibility index (Phi) is 3.86. The number of anilines is 1. The lowest BCUT2D eigenvalue weighted by molar-refractivity contribution is -0.118. The van der Waals surface area contributed by atoms with Crippen LogP contribution in [0.15, 0.2) is 18.2 Å². The highest BCUT2D eigenvalue weighted by Gasteiger charge is 2.68. The third-order valence-corrected chi connectivity index (χ3v) is 8.10. The zero-order valence-electron chi connectivity index (χ0n) is 16.4. The first-order valence-electron chi connectivity index (χ1n) is 10.4. The van der Waals surface area contributed by atoms with Gasteiger partial charge in [0.25, 0.3) is 0 Å².